The number of thioether (sulfide) groups is 1. The number of benzene rings is 3. The first kappa shape index (κ1) is 25.6. The number of carbonyl (C=O) groups excluding carboxylic acids is 1. The van der Waals surface area contributed by atoms with E-state index in [1.165, 1.54) is 11.8 Å². The molecule has 2 aliphatic rings. The molecule has 8 nitrogen and oxygen atoms in total. The van der Waals surface area contributed by atoms with E-state index in [0.29, 0.717) is 15.8 Å². The second kappa shape index (κ2) is 11.5. The minimum absolute atomic E-state index is 0.151. The van der Waals surface area contributed by atoms with Crippen LogP contribution < -0.4 is 9.64 Å². The number of aliphatic imine (C=N–C) groups is 1. The lowest BCUT2D eigenvalue weighted by molar-refractivity contribution is -0.122. The smallest absolute Gasteiger partial charge is 0.335 e. The number of amidine groups is 1. The van der Waals surface area contributed by atoms with Gasteiger partial charge in [-0.3, -0.25) is 9.69 Å². The first-order valence-corrected chi connectivity index (χ1v) is 13.0. The average Bonchev–Trinajstić information content (AvgIpc) is 3.23. The molecule has 2 heterocycles. The third kappa shape index (κ3) is 5.90. The lowest BCUT2D eigenvalue weighted by Crippen LogP contribution is -2.36. The van der Waals surface area contributed by atoms with Crippen molar-refractivity contribution < 1.29 is 24.2 Å². The molecular formula is C29H27N3O5S. The van der Waals surface area contributed by atoms with Crippen LogP contribution in [0.15, 0.2) is 82.7 Å². The quantitative estimate of drug-likeness (QED) is 0.429. The van der Waals surface area contributed by atoms with Crippen LogP contribution in [0.3, 0.4) is 0 Å². The fourth-order valence-corrected chi connectivity index (χ4v) is 5.19. The number of nitrogens with zero attached hydrogens (tertiary/aromatic N) is 3. The van der Waals surface area contributed by atoms with Gasteiger partial charge in [-0.05, 0) is 77.5 Å². The number of amides is 1. The standard InChI is InChI=1S/C29H27N3O5S/c1-36-25-12-8-23(9-13-25)30-29-32(19-21-2-6-22(7-3-21)28(34)35)27(33)26(38-29)18-20-4-10-24(11-5-20)31-14-16-37-17-15-31/h2-13,18H,14-17,19H2,1H3,(H,34,35)/b26-18-,30-29?. The normalized spacial score (nSPS) is 17.9. The van der Waals surface area contributed by atoms with Crippen molar-refractivity contribution in [1.82, 2.24) is 4.90 Å². The van der Waals surface area contributed by atoms with E-state index in [-0.39, 0.29) is 18.0 Å². The van der Waals surface area contributed by atoms with Crippen molar-refractivity contribution in [3.8, 4) is 5.75 Å². The number of aromatic carboxylic acids is 1. The van der Waals surface area contributed by atoms with E-state index in [1.807, 2.05) is 42.5 Å². The molecule has 38 heavy (non-hydrogen) atoms. The highest BCUT2D eigenvalue weighted by Gasteiger charge is 2.33. The van der Waals surface area contributed by atoms with Gasteiger partial charge in [0.05, 0.1) is 43.0 Å². The molecule has 0 spiro atoms. The molecule has 3 aromatic carbocycles. The molecule has 194 valence electrons. The van der Waals surface area contributed by atoms with Gasteiger partial charge in [0.25, 0.3) is 5.91 Å². The number of carbonyl (C=O) groups is 2. The van der Waals surface area contributed by atoms with Crippen LogP contribution in [0, 0.1) is 0 Å². The summed E-state index contributed by atoms with van der Waals surface area (Å²) in [6.07, 6.45) is 1.88. The molecule has 0 saturated carbocycles. The number of rotatable bonds is 7. The predicted molar refractivity (Wildman–Crippen MR) is 149 cm³/mol. The van der Waals surface area contributed by atoms with E-state index >= 15 is 0 Å². The van der Waals surface area contributed by atoms with Crippen molar-refractivity contribution in [3.63, 3.8) is 0 Å². The van der Waals surface area contributed by atoms with Crippen LogP contribution >= 0.6 is 11.8 Å². The first-order valence-electron chi connectivity index (χ1n) is 12.2. The maximum Gasteiger partial charge on any atom is 0.335 e. The summed E-state index contributed by atoms with van der Waals surface area (Å²) in [6, 6.07) is 22.0. The molecule has 1 amide bonds. The molecule has 0 bridgehead atoms. The van der Waals surface area contributed by atoms with Crippen LogP contribution in [0.5, 0.6) is 5.75 Å². The number of morpholine rings is 1. The van der Waals surface area contributed by atoms with E-state index in [4.69, 9.17) is 14.5 Å². The fraction of sp³-hybridized carbons (Fsp3) is 0.207. The lowest BCUT2D eigenvalue weighted by Gasteiger charge is -2.28. The largest absolute Gasteiger partial charge is 0.497 e. The molecule has 0 aliphatic carbocycles. The molecule has 2 saturated heterocycles. The van der Waals surface area contributed by atoms with Crippen LogP contribution in [-0.2, 0) is 16.1 Å². The predicted octanol–water partition coefficient (Wildman–Crippen LogP) is 5.03. The number of carboxylic acids is 1. The van der Waals surface area contributed by atoms with Crippen molar-refractivity contribution in [2.45, 2.75) is 6.54 Å². The van der Waals surface area contributed by atoms with Gasteiger partial charge in [0.15, 0.2) is 5.17 Å². The topological polar surface area (TPSA) is 91.7 Å². The summed E-state index contributed by atoms with van der Waals surface area (Å²) < 4.78 is 10.7. The van der Waals surface area contributed by atoms with Gasteiger partial charge in [-0.1, -0.05) is 24.3 Å². The zero-order chi connectivity index (χ0) is 26.5. The summed E-state index contributed by atoms with van der Waals surface area (Å²) >= 11 is 1.32. The monoisotopic (exact) mass is 529 g/mol. The van der Waals surface area contributed by atoms with E-state index < -0.39 is 5.97 Å². The van der Waals surface area contributed by atoms with Crippen molar-refractivity contribution in [1.29, 1.82) is 0 Å². The average molecular weight is 530 g/mol. The Morgan fingerprint density at radius 3 is 2.34 bits per heavy atom. The van der Waals surface area contributed by atoms with Crippen molar-refractivity contribution in [2.24, 2.45) is 4.99 Å². The maximum absolute atomic E-state index is 13.5. The second-order valence-corrected chi connectivity index (χ2v) is 9.80. The zero-order valence-corrected chi connectivity index (χ0v) is 21.7. The van der Waals surface area contributed by atoms with E-state index in [2.05, 4.69) is 17.0 Å². The van der Waals surface area contributed by atoms with Gasteiger partial charge in [0, 0.05) is 18.8 Å². The van der Waals surface area contributed by atoms with Gasteiger partial charge in [0.2, 0.25) is 0 Å². The number of hydrogen-bond donors (Lipinski definition) is 1. The van der Waals surface area contributed by atoms with Crippen LogP contribution in [0.1, 0.15) is 21.5 Å². The van der Waals surface area contributed by atoms with Gasteiger partial charge in [0.1, 0.15) is 5.75 Å². The number of anilines is 1. The minimum atomic E-state index is -0.990. The van der Waals surface area contributed by atoms with E-state index in [0.717, 1.165) is 48.9 Å². The molecule has 9 heteroatoms. The van der Waals surface area contributed by atoms with Crippen LogP contribution in [0.2, 0.25) is 0 Å². The molecule has 0 aromatic heterocycles. The molecular weight excluding hydrogens is 502 g/mol. The lowest BCUT2D eigenvalue weighted by atomic mass is 10.1. The summed E-state index contributed by atoms with van der Waals surface area (Å²) in [6.45, 7) is 3.45. The van der Waals surface area contributed by atoms with Crippen molar-refractivity contribution in [2.75, 3.05) is 38.3 Å². The molecule has 5 rings (SSSR count). The Bertz CT molecular complexity index is 1360. The Hall–Kier alpha value is -4.08. The van der Waals surface area contributed by atoms with E-state index in [9.17, 15) is 14.7 Å². The van der Waals surface area contributed by atoms with Crippen LogP contribution in [0.4, 0.5) is 11.4 Å². The van der Waals surface area contributed by atoms with Crippen molar-refractivity contribution >= 4 is 46.3 Å². The molecule has 0 radical (unpaired) electrons. The summed E-state index contributed by atoms with van der Waals surface area (Å²) in [7, 11) is 1.61. The Balaban J connectivity index is 1.41. The number of carboxylic acid groups (broad SMARTS) is 1. The van der Waals surface area contributed by atoms with Gasteiger partial charge in [-0.25, -0.2) is 9.79 Å². The second-order valence-electron chi connectivity index (χ2n) is 8.79. The van der Waals surface area contributed by atoms with Gasteiger partial charge in [-0.2, -0.15) is 0 Å². The first-order chi connectivity index (χ1) is 18.5. The molecule has 2 fully saturated rings. The van der Waals surface area contributed by atoms with E-state index in [1.54, 1.807) is 36.3 Å². The highest BCUT2D eigenvalue weighted by atomic mass is 32.2. The fourth-order valence-electron chi connectivity index (χ4n) is 4.19. The van der Waals surface area contributed by atoms with Crippen LogP contribution in [-0.4, -0.2) is 60.5 Å². The molecule has 0 unspecified atom stereocenters. The minimum Gasteiger partial charge on any atom is -0.497 e. The number of ether oxygens (including phenoxy) is 2. The summed E-state index contributed by atoms with van der Waals surface area (Å²) in [5, 5.41) is 9.75. The summed E-state index contributed by atoms with van der Waals surface area (Å²) in [4.78, 5) is 34.0. The third-order valence-corrected chi connectivity index (χ3v) is 7.30. The van der Waals surface area contributed by atoms with Gasteiger partial charge >= 0.3 is 5.97 Å². The SMILES string of the molecule is COc1ccc(N=C2S/C(=C\c3ccc(N4CCOCC4)cc3)C(=O)N2Cc2ccc(C(=O)O)cc2)cc1. The van der Waals surface area contributed by atoms with Gasteiger partial charge < -0.3 is 19.5 Å². The Morgan fingerprint density at radius 1 is 1.03 bits per heavy atom. The maximum atomic E-state index is 13.5. The summed E-state index contributed by atoms with van der Waals surface area (Å²) in [5.74, 6) is -0.418. The number of hydrogen-bond acceptors (Lipinski definition) is 7. The third-order valence-electron chi connectivity index (χ3n) is 6.29. The Kier molecular flexibility index (Phi) is 7.76. The Morgan fingerprint density at radius 2 is 1.71 bits per heavy atom. The molecule has 1 N–H and O–H groups in total. The number of methoxy groups -OCH3 is 1. The van der Waals surface area contributed by atoms with Crippen molar-refractivity contribution in [3.05, 3.63) is 94.4 Å². The molecule has 3 aromatic rings. The highest BCUT2D eigenvalue weighted by molar-refractivity contribution is 8.18. The summed E-state index contributed by atoms with van der Waals surface area (Å²) in [5.41, 5.74) is 3.76. The zero-order valence-electron chi connectivity index (χ0n) is 20.9. The van der Waals surface area contributed by atoms with Gasteiger partial charge in [-0.15, -0.1) is 0 Å². The molecule has 0 atom stereocenters. The highest BCUT2D eigenvalue weighted by Crippen LogP contribution is 2.35. The molecule has 2 aliphatic heterocycles. The van der Waals surface area contributed by atoms with Crippen LogP contribution in [0.25, 0.3) is 6.08 Å². The Labute approximate surface area is 225 Å².